The fourth-order valence-electron chi connectivity index (χ4n) is 11.1. The summed E-state index contributed by atoms with van der Waals surface area (Å²) >= 11 is 0. The van der Waals surface area contributed by atoms with Crippen molar-refractivity contribution in [3.05, 3.63) is 204 Å². The van der Waals surface area contributed by atoms with Crippen LogP contribution < -0.4 is 31.1 Å². The van der Waals surface area contributed by atoms with Crippen molar-refractivity contribution in [3.8, 4) is 11.1 Å². The highest BCUT2D eigenvalue weighted by atomic mass is 15.2. The predicted octanol–water partition coefficient (Wildman–Crippen LogP) is 15.7. The highest BCUT2D eigenvalue weighted by molar-refractivity contribution is 7.00. The second-order valence-corrected chi connectivity index (χ2v) is 22.6. The molecule has 0 saturated carbocycles. The Kier molecular flexibility index (Phi) is 10.6. The minimum Gasteiger partial charge on any atom is -0.311 e. The van der Waals surface area contributed by atoms with Crippen LogP contribution in [0.25, 0.3) is 11.1 Å². The van der Waals surface area contributed by atoms with Crippen LogP contribution in [0.1, 0.15) is 103 Å². The molecule has 0 aromatic heterocycles. The molecular formula is C64H64BN3. The molecule has 0 N–H and O–H groups in total. The third-order valence-corrected chi connectivity index (χ3v) is 14.9. The average Bonchev–Trinajstić information content (AvgIpc) is 3.33. The summed E-state index contributed by atoms with van der Waals surface area (Å²) in [7, 11) is 0. The van der Waals surface area contributed by atoms with E-state index in [1.165, 1.54) is 96.6 Å². The van der Waals surface area contributed by atoms with Gasteiger partial charge in [-0.15, -0.1) is 0 Å². The number of hydrogen-bond acceptors (Lipinski definition) is 3. The van der Waals surface area contributed by atoms with Gasteiger partial charge < -0.3 is 14.7 Å². The van der Waals surface area contributed by atoms with Crippen LogP contribution in [0.2, 0.25) is 0 Å². The van der Waals surface area contributed by atoms with Crippen molar-refractivity contribution in [2.24, 2.45) is 0 Å². The molecule has 1 aliphatic carbocycles. The third-order valence-electron chi connectivity index (χ3n) is 14.9. The third kappa shape index (κ3) is 7.63. The van der Waals surface area contributed by atoms with Gasteiger partial charge >= 0.3 is 0 Å². The highest BCUT2D eigenvalue weighted by Crippen LogP contribution is 2.50. The fraction of sp³-hybridized carbons (Fsp3) is 0.250. The summed E-state index contributed by atoms with van der Waals surface area (Å²) in [5.41, 5.74) is 24.1. The molecule has 8 aromatic rings. The zero-order valence-corrected chi connectivity index (χ0v) is 41.5. The Morgan fingerprint density at radius 2 is 0.838 bits per heavy atom. The first kappa shape index (κ1) is 43.8. The maximum absolute atomic E-state index is 2.58. The van der Waals surface area contributed by atoms with Crippen LogP contribution in [-0.2, 0) is 29.1 Å². The number of aryl methyl sites for hydroxylation is 2. The molecule has 0 bridgehead atoms. The predicted molar refractivity (Wildman–Crippen MR) is 293 cm³/mol. The minimum atomic E-state index is 0.0161. The van der Waals surface area contributed by atoms with E-state index >= 15 is 0 Å². The van der Waals surface area contributed by atoms with Crippen molar-refractivity contribution in [1.29, 1.82) is 0 Å². The normalized spacial score (nSPS) is 14.2. The zero-order valence-electron chi connectivity index (χ0n) is 41.5. The van der Waals surface area contributed by atoms with Crippen LogP contribution in [-0.4, -0.2) is 6.71 Å². The lowest BCUT2D eigenvalue weighted by atomic mass is 9.33. The summed E-state index contributed by atoms with van der Waals surface area (Å²) in [5, 5.41) is 0. The monoisotopic (exact) mass is 886 g/mol. The van der Waals surface area contributed by atoms with E-state index in [1.807, 2.05) is 0 Å². The molecule has 0 amide bonds. The van der Waals surface area contributed by atoms with E-state index < -0.39 is 0 Å². The minimum absolute atomic E-state index is 0.0161. The Hall–Kier alpha value is -6.78. The van der Waals surface area contributed by atoms with Crippen LogP contribution in [0.4, 0.5) is 51.2 Å². The Morgan fingerprint density at radius 3 is 1.31 bits per heavy atom. The lowest BCUT2D eigenvalue weighted by Gasteiger charge is -2.45. The Balaban J connectivity index is 1.25. The largest absolute Gasteiger partial charge is 0.311 e. The van der Waals surface area contributed by atoms with Crippen molar-refractivity contribution in [2.75, 3.05) is 14.7 Å². The summed E-state index contributed by atoms with van der Waals surface area (Å²) < 4.78 is 0. The number of anilines is 9. The SMILES string of the molecule is CC(C)(C)c1ccc(N(c2cc3c4c(c2)N(c2ccc(C(C)(C)C)cc2)c2ccccc2B4c2ccccc2N3c2ccc(C(C)(C)C)cc2)c2cc3c(cc2-c2ccccc2)CCCC3)cc1. The van der Waals surface area contributed by atoms with Crippen LogP contribution in [0.3, 0.4) is 0 Å². The Morgan fingerprint density at radius 1 is 0.412 bits per heavy atom. The summed E-state index contributed by atoms with van der Waals surface area (Å²) in [6.07, 6.45) is 4.66. The van der Waals surface area contributed by atoms with Gasteiger partial charge in [0, 0.05) is 45.4 Å². The van der Waals surface area contributed by atoms with Crippen LogP contribution >= 0.6 is 0 Å². The molecule has 2 aliphatic heterocycles. The van der Waals surface area contributed by atoms with Crippen molar-refractivity contribution in [2.45, 2.75) is 104 Å². The quantitative estimate of drug-likeness (QED) is 0.154. The molecule has 11 rings (SSSR count). The van der Waals surface area contributed by atoms with Crippen molar-refractivity contribution < 1.29 is 0 Å². The standard InChI is InChI=1S/C64H64BN3/c1-62(2,3)46-27-33-49(34-28-46)66(58-40-45-22-14-13-21-44(45)39-53(58)43-19-11-10-12-20-43)52-41-59-61-60(42-52)68(51-37-31-48(32-38-51)64(7,8)9)57-26-18-16-24-55(57)65(61)54-23-15-17-25-56(54)67(59)50-35-29-47(30-36-50)63(4,5)6/h10-12,15-20,23-42H,13-14,21-22H2,1-9H3. The molecule has 0 fully saturated rings. The number of benzene rings is 8. The zero-order chi connectivity index (χ0) is 47.1. The van der Waals surface area contributed by atoms with Gasteiger partial charge in [0.2, 0.25) is 0 Å². The van der Waals surface area contributed by atoms with Crippen molar-refractivity contribution >= 4 is 74.3 Å². The van der Waals surface area contributed by atoms with Gasteiger partial charge in [0.1, 0.15) is 0 Å². The number of hydrogen-bond donors (Lipinski definition) is 0. The van der Waals surface area contributed by atoms with Gasteiger partial charge in [0.15, 0.2) is 0 Å². The summed E-state index contributed by atoms with van der Waals surface area (Å²) in [6.45, 7) is 20.8. The molecule has 4 heteroatoms. The summed E-state index contributed by atoms with van der Waals surface area (Å²) in [4.78, 5) is 7.70. The van der Waals surface area contributed by atoms with Gasteiger partial charge in [0.25, 0.3) is 6.71 Å². The van der Waals surface area contributed by atoms with E-state index in [2.05, 4.69) is 253 Å². The molecule has 0 spiro atoms. The molecule has 68 heavy (non-hydrogen) atoms. The first-order valence-electron chi connectivity index (χ1n) is 24.9. The smallest absolute Gasteiger partial charge is 0.252 e. The molecule has 2 heterocycles. The van der Waals surface area contributed by atoms with E-state index in [9.17, 15) is 0 Å². The van der Waals surface area contributed by atoms with E-state index in [1.54, 1.807) is 0 Å². The molecule has 0 unspecified atom stereocenters. The van der Waals surface area contributed by atoms with Gasteiger partial charge in [0.05, 0.1) is 11.4 Å². The second kappa shape index (κ2) is 16.5. The number of fused-ring (bicyclic) bond motifs is 5. The summed E-state index contributed by atoms with van der Waals surface area (Å²) in [6, 6.07) is 67.6. The van der Waals surface area contributed by atoms with Gasteiger partial charge in [-0.1, -0.05) is 165 Å². The van der Waals surface area contributed by atoms with Gasteiger partial charge in [-0.05, 0) is 164 Å². The molecule has 3 nitrogen and oxygen atoms in total. The molecule has 0 atom stereocenters. The second-order valence-electron chi connectivity index (χ2n) is 22.6. The first-order valence-corrected chi connectivity index (χ1v) is 24.9. The van der Waals surface area contributed by atoms with Gasteiger partial charge in [-0.3, -0.25) is 0 Å². The van der Waals surface area contributed by atoms with E-state index in [4.69, 9.17) is 0 Å². The number of nitrogens with zero attached hydrogens (tertiary/aromatic N) is 3. The topological polar surface area (TPSA) is 9.72 Å². The highest BCUT2D eigenvalue weighted by Gasteiger charge is 2.44. The average molecular weight is 886 g/mol. The van der Waals surface area contributed by atoms with E-state index in [-0.39, 0.29) is 23.0 Å². The van der Waals surface area contributed by atoms with E-state index in [0.717, 1.165) is 35.6 Å². The molecule has 0 saturated heterocycles. The van der Waals surface area contributed by atoms with Crippen molar-refractivity contribution in [3.63, 3.8) is 0 Å². The van der Waals surface area contributed by atoms with Gasteiger partial charge in [-0.2, -0.15) is 0 Å². The Labute approximate surface area is 406 Å². The summed E-state index contributed by atoms with van der Waals surface area (Å²) in [5.74, 6) is 0. The van der Waals surface area contributed by atoms with E-state index in [0.29, 0.717) is 0 Å². The maximum atomic E-state index is 2.58. The molecule has 338 valence electrons. The van der Waals surface area contributed by atoms with Crippen LogP contribution in [0.15, 0.2) is 176 Å². The molecular weight excluding hydrogens is 822 g/mol. The number of rotatable bonds is 6. The van der Waals surface area contributed by atoms with Crippen LogP contribution in [0, 0.1) is 0 Å². The first-order chi connectivity index (χ1) is 32.6. The molecule has 3 aliphatic rings. The maximum Gasteiger partial charge on any atom is 0.252 e. The van der Waals surface area contributed by atoms with Gasteiger partial charge in [-0.25, -0.2) is 0 Å². The lowest BCUT2D eigenvalue weighted by Crippen LogP contribution is -2.61. The van der Waals surface area contributed by atoms with Crippen molar-refractivity contribution in [1.82, 2.24) is 0 Å². The number of para-hydroxylation sites is 2. The molecule has 0 radical (unpaired) electrons. The molecule has 8 aromatic carbocycles. The van der Waals surface area contributed by atoms with Crippen LogP contribution in [0.5, 0.6) is 0 Å². The fourth-order valence-corrected chi connectivity index (χ4v) is 11.1. The Bertz CT molecular complexity index is 3030. The lowest BCUT2D eigenvalue weighted by molar-refractivity contribution is 0.590.